The van der Waals surface area contributed by atoms with E-state index in [9.17, 15) is 10.1 Å². The second kappa shape index (κ2) is 5.58. The van der Waals surface area contributed by atoms with Gasteiger partial charge < -0.3 is 10.4 Å². The van der Waals surface area contributed by atoms with E-state index >= 15 is 0 Å². The molecule has 0 radical (unpaired) electrons. The van der Waals surface area contributed by atoms with Gasteiger partial charge in [-0.3, -0.25) is 15.1 Å². The highest BCUT2D eigenvalue weighted by molar-refractivity contribution is 5.60. The second-order valence-electron chi connectivity index (χ2n) is 4.16. The Hall–Kier alpha value is -1.69. The fourth-order valence-electron chi connectivity index (χ4n) is 1.54. The number of hydrogen-bond acceptors (Lipinski definition) is 5. The zero-order chi connectivity index (χ0) is 12.9. The minimum Gasteiger partial charge on any atom is -0.396 e. The van der Waals surface area contributed by atoms with E-state index in [-0.39, 0.29) is 17.8 Å². The van der Waals surface area contributed by atoms with Crippen molar-refractivity contribution in [1.29, 1.82) is 0 Å². The van der Waals surface area contributed by atoms with E-state index in [2.05, 4.69) is 10.3 Å². The van der Waals surface area contributed by atoms with E-state index in [1.807, 2.05) is 13.8 Å². The summed E-state index contributed by atoms with van der Waals surface area (Å²) in [6.07, 6.45) is 4.01. The van der Waals surface area contributed by atoms with Gasteiger partial charge in [-0.1, -0.05) is 6.92 Å². The summed E-state index contributed by atoms with van der Waals surface area (Å²) in [5, 5.41) is 22.9. The van der Waals surface area contributed by atoms with Gasteiger partial charge in [0, 0.05) is 18.3 Å². The summed E-state index contributed by atoms with van der Waals surface area (Å²) in [6, 6.07) is 1.57. The van der Waals surface area contributed by atoms with Crippen molar-refractivity contribution >= 4 is 11.4 Å². The zero-order valence-corrected chi connectivity index (χ0v) is 10.0. The number of nitrogens with one attached hydrogen (secondary N) is 1. The number of rotatable bonds is 6. The molecule has 1 atom stereocenters. The average Bonchev–Trinajstić information content (AvgIpc) is 2.29. The monoisotopic (exact) mass is 239 g/mol. The first-order chi connectivity index (χ1) is 8.02. The largest absolute Gasteiger partial charge is 0.396 e. The molecule has 0 aliphatic rings. The summed E-state index contributed by atoms with van der Waals surface area (Å²) >= 11 is 0. The predicted octanol–water partition coefficient (Wildman–Crippen LogP) is 1.95. The highest BCUT2D eigenvalue weighted by Gasteiger charge is 2.24. The lowest BCUT2D eigenvalue weighted by Gasteiger charge is -2.29. The molecule has 0 saturated carbocycles. The predicted molar refractivity (Wildman–Crippen MR) is 64.9 cm³/mol. The molecule has 1 unspecified atom stereocenters. The Kier molecular flexibility index (Phi) is 4.39. The highest BCUT2D eigenvalue weighted by atomic mass is 16.6. The molecule has 1 aromatic rings. The van der Waals surface area contributed by atoms with Crippen LogP contribution in [0.15, 0.2) is 18.5 Å². The Morgan fingerprint density at radius 2 is 2.35 bits per heavy atom. The third kappa shape index (κ3) is 3.39. The Bertz CT molecular complexity index is 397. The van der Waals surface area contributed by atoms with Gasteiger partial charge in [-0.15, -0.1) is 0 Å². The quantitative estimate of drug-likeness (QED) is 0.585. The van der Waals surface area contributed by atoms with Crippen LogP contribution in [0.5, 0.6) is 0 Å². The maximum Gasteiger partial charge on any atom is 0.310 e. The first-order valence-electron chi connectivity index (χ1n) is 5.50. The molecule has 17 heavy (non-hydrogen) atoms. The summed E-state index contributed by atoms with van der Waals surface area (Å²) in [5.41, 5.74) is 0.0221. The van der Waals surface area contributed by atoms with E-state index < -0.39 is 4.92 Å². The first kappa shape index (κ1) is 13.4. The van der Waals surface area contributed by atoms with Crippen LogP contribution in [-0.2, 0) is 0 Å². The Balaban J connectivity index is 2.97. The van der Waals surface area contributed by atoms with Crippen molar-refractivity contribution in [3.05, 3.63) is 28.6 Å². The minimum atomic E-state index is -0.468. The maximum absolute atomic E-state index is 10.8. The molecule has 0 saturated heterocycles. The van der Waals surface area contributed by atoms with Crippen LogP contribution in [-0.4, -0.2) is 27.2 Å². The lowest BCUT2D eigenvalue weighted by Crippen LogP contribution is -2.35. The van der Waals surface area contributed by atoms with Gasteiger partial charge >= 0.3 is 5.69 Å². The van der Waals surface area contributed by atoms with Crippen LogP contribution in [0.1, 0.15) is 26.7 Å². The molecule has 1 aromatic heterocycles. The lowest BCUT2D eigenvalue weighted by molar-refractivity contribution is -0.384. The number of aliphatic hydroxyl groups excluding tert-OH is 1. The number of nitro groups is 1. The van der Waals surface area contributed by atoms with Crippen LogP contribution in [0.4, 0.5) is 11.4 Å². The number of aromatic nitrogens is 1. The summed E-state index contributed by atoms with van der Waals surface area (Å²) in [7, 11) is 0. The van der Waals surface area contributed by atoms with Gasteiger partial charge in [-0.05, 0) is 25.8 Å². The Morgan fingerprint density at radius 1 is 1.65 bits per heavy atom. The highest BCUT2D eigenvalue weighted by Crippen LogP contribution is 2.28. The Morgan fingerprint density at radius 3 is 2.88 bits per heavy atom. The molecule has 94 valence electrons. The number of pyridine rings is 1. The van der Waals surface area contributed by atoms with Gasteiger partial charge in [0.15, 0.2) is 0 Å². The van der Waals surface area contributed by atoms with Crippen molar-refractivity contribution in [2.75, 3.05) is 11.9 Å². The molecule has 0 bridgehead atoms. The molecule has 0 aromatic carbocycles. The summed E-state index contributed by atoms with van der Waals surface area (Å²) in [5.74, 6) is 0. The topological polar surface area (TPSA) is 88.3 Å². The standard InChI is InChI=1S/C11H17N3O3/c1-3-11(2,5-7-15)13-9-4-6-12-8-10(9)14(16)17/h4,6,8,15H,3,5,7H2,1-2H3,(H,12,13). The van der Waals surface area contributed by atoms with Gasteiger partial charge in [0.05, 0.1) is 4.92 Å². The van der Waals surface area contributed by atoms with Gasteiger partial charge in [-0.2, -0.15) is 0 Å². The van der Waals surface area contributed by atoms with Crippen LogP contribution < -0.4 is 5.32 Å². The van der Waals surface area contributed by atoms with Crippen LogP contribution in [0, 0.1) is 10.1 Å². The van der Waals surface area contributed by atoms with Crippen molar-refractivity contribution in [3.8, 4) is 0 Å². The fraction of sp³-hybridized carbons (Fsp3) is 0.545. The van der Waals surface area contributed by atoms with Crippen molar-refractivity contribution < 1.29 is 10.0 Å². The average molecular weight is 239 g/mol. The molecule has 0 aliphatic heterocycles. The molecule has 0 spiro atoms. The van der Waals surface area contributed by atoms with Crippen molar-refractivity contribution in [1.82, 2.24) is 4.98 Å². The van der Waals surface area contributed by atoms with Gasteiger partial charge in [0.2, 0.25) is 0 Å². The third-order valence-corrected chi connectivity index (χ3v) is 2.88. The number of aliphatic hydroxyl groups is 1. The smallest absolute Gasteiger partial charge is 0.310 e. The molecular formula is C11H17N3O3. The molecule has 6 heteroatoms. The molecule has 0 aliphatic carbocycles. The number of anilines is 1. The van der Waals surface area contributed by atoms with Gasteiger partial charge in [-0.25, -0.2) is 0 Å². The van der Waals surface area contributed by atoms with Crippen LogP contribution in [0.3, 0.4) is 0 Å². The van der Waals surface area contributed by atoms with E-state index in [0.29, 0.717) is 12.1 Å². The van der Waals surface area contributed by atoms with Crippen molar-refractivity contribution in [2.45, 2.75) is 32.2 Å². The third-order valence-electron chi connectivity index (χ3n) is 2.88. The molecule has 0 amide bonds. The molecule has 0 fully saturated rings. The number of hydrogen-bond donors (Lipinski definition) is 2. The minimum absolute atomic E-state index is 0.0379. The molecule has 1 heterocycles. The summed E-state index contributed by atoms with van der Waals surface area (Å²) in [6.45, 7) is 3.93. The zero-order valence-electron chi connectivity index (χ0n) is 10.0. The van der Waals surface area contributed by atoms with E-state index in [1.54, 1.807) is 6.07 Å². The Labute approximate surface area is 99.8 Å². The maximum atomic E-state index is 10.8. The first-order valence-corrected chi connectivity index (χ1v) is 5.50. The lowest BCUT2D eigenvalue weighted by atomic mass is 9.94. The summed E-state index contributed by atoms with van der Waals surface area (Å²) < 4.78 is 0. The van der Waals surface area contributed by atoms with E-state index in [1.165, 1.54) is 12.4 Å². The second-order valence-corrected chi connectivity index (χ2v) is 4.16. The van der Waals surface area contributed by atoms with Crippen molar-refractivity contribution in [3.63, 3.8) is 0 Å². The van der Waals surface area contributed by atoms with Crippen LogP contribution in [0.25, 0.3) is 0 Å². The van der Waals surface area contributed by atoms with E-state index in [4.69, 9.17) is 5.11 Å². The van der Waals surface area contributed by atoms with Crippen LogP contribution in [0.2, 0.25) is 0 Å². The number of nitrogens with zero attached hydrogens (tertiary/aromatic N) is 2. The molecular weight excluding hydrogens is 222 g/mol. The van der Waals surface area contributed by atoms with Gasteiger partial charge in [0.1, 0.15) is 11.9 Å². The fourth-order valence-corrected chi connectivity index (χ4v) is 1.54. The van der Waals surface area contributed by atoms with Crippen molar-refractivity contribution in [2.24, 2.45) is 0 Å². The van der Waals surface area contributed by atoms with E-state index in [0.717, 1.165) is 6.42 Å². The van der Waals surface area contributed by atoms with Gasteiger partial charge in [0.25, 0.3) is 0 Å². The SMILES string of the molecule is CCC(C)(CCO)Nc1ccncc1[N+](=O)[O-]. The van der Waals surface area contributed by atoms with Crippen LogP contribution >= 0.6 is 0 Å². The normalized spacial score (nSPS) is 14.1. The summed E-state index contributed by atoms with van der Waals surface area (Å²) in [4.78, 5) is 14.1. The molecule has 1 rings (SSSR count). The molecule has 6 nitrogen and oxygen atoms in total. The molecule has 2 N–H and O–H groups in total.